The Labute approximate surface area is 97.2 Å². The van der Waals surface area contributed by atoms with Gasteiger partial charge in [-0.25, -0.2) is 0 Å². The molecule has 3 nitrogen and oxygen atoms in total. The largest absolute Gasteiger partial charge is 0.494 e. The third-order valence-electron chi connectivity index (χ3n) is 2.52. The Morgan fingerprint density at radius 1 is 1.25 bits per heavy atom. The van der Waals surface area contributed by atoms with Gasteiger partial charge in [-0.05, 0) is 24.1 Å². The van der Waals surface area contributed by atoms with Gasteiger partial charge in [0.05, 0.1) is 19.3 Å². The fourth-order valence-corrected chi connectivity index (χ4v) is 1.46. The average Bonchev–Trinajstić information content (AvgIpc) is 2.34. The van der Waals surface area contributed by atoms with Gasteiger partial charge in [0, 0.05) is 0 Å². The lowest BCUT2D eigenvalue weighted by molar-refractivity contribution is 0.267. The van der Waals surface area contributed by atoms with Gasteiger partial charge in [0.15, 0.2) is 0 Å². The molecule has 0 fully saturated rings. The molecule has 3 heteroatoms. The van der Waals surface area contributed by atoms with Crippen molar-refractivity contribution in [2.45, 2.75) is 32.2 Å². The highest BCUT2D eigenvalue weighted by molar-refractivity contribution is 5.29. The van der Waals surface area contributed by atoms with Crippen LogP contribution in [0, 0.1) is 0 Å². The summed E-state index contributed by atoms with van der Waals surface area (Å²) >= 11 is 0. The van der Waals surface area contributed by atoms with Crippen LogP contribution in [0.1, 0.15) is 37.8 Å². The molecule has 0 amide bonds. The number of nitrogens with two attached hydrogens (primary N) is 1. The van der Waals surface area contributed by atoms with Gasteiger partial charge in [-0.2, -0.15) is 0 Å². The van der Waals surface area contributed by atoms with Gasteiger partial charge in [-0.3, -0.25) is 0 Å². The van der Waals surface area contributed by atoms with Crippen molar-refractivity contribution in [1.82, 2.24) is 0 Å². The molecule has 3 N–H and O–H groups in total. The molecule has 0 aromatic heterocycles. The Balaban J connectivity index is 2.39. The summed E-state index contributed by atoms with van der Waals surface area (Å²) in [5, 5.41) is 8.90. The molecule has 1 aromatic rings. The molecule has 0 bridgehead atoms. The maximum absolute atomic E-state index is 8.90. The van der Waals surface area contributed by atoms with Crippen LogP contribution < -0.4 is 10.5 Å². The average molecular weight is 223 g/mol. The molecule has 0 unspecified atom stereocenters. The molecule has 0 spiro atoms. The van der Waals surface area contributed by atoms with E-state index in [1.165, 1.54) is 12.8 Å². The van der Waals surface area contributed by atoms with Crippen molar-refractivity contribution in [3.8, 4) is 5.75 Å². The van der Waals surface area contributed by atoms with E-state index in [9.17, 15) is 0 Å². The monoisotopic (exact) mass is 223 g/mol. The van der Waals surface area contributed by atoms with E-state index in [0.717, 1.165) is 24.3 Å². The van der Waals surface area contributed by atoms with E-state index in [-0.39, 0.29) is 12.6 Å². The minimum atomic E-state index is -0.297. The summed E-state index contributed by atoms with van der Waals surface area (Å²) in [5.41, 5.74) is 6.63. The number of ether oxygens (including phenoxy) is 1. The van der Waals surface area contributed by atoms with Crippen LogP contribution in [0.15, 0.2) is 24.3 Å². The summed E-state index contributed by atoms with van der Waals surface area (Å²) in [5.74, 6) is 0.866. The second-order valence-corrected chi connectivity index (χ2v) is 3.91. The smallest absolute Gasteiger partial charge is 0.119 e. The van der Waals surface area contributed by atoms with Crippen molar-refractivity contribution in [3.05, 3.63) is 29.8 Å². The molecule has 0 aliphatic rings. The Morgan fingerprint density at radius 2 is 1.94 bits per heavy atom. The first-order chi connectivity index (χ1) is 7.77. The van der Waals surface area contributed by atoms with Crippen LogP contribution in [-0.2, 0) is 0 Å². The maximum Gasteiger partial charge on any atom is 0.119 e. The van der Waals surface area contributed by atoms with Crippen LogP contribution in [0.25, 0.3) is 0 Å². The normalized spacial score (nSPS) is 12.4. The first-order valence-corrected chi connectivity index (χ1v) is 5.87. The van der Waals surface area contributed by atoms with Crippen molar-refractivity contribution >= 4 is 0 Å². The van der Waals surface area contributed by atoms with Crippen LogP contribution in [0.5, 0.6) is 5.75 Å². The van der Waals surface area contributed by atoms with Crippen LogP contribution >= 0.6 is 0 Å². The summed E-state index contributed by atoms with van der Waals surface area (Å²) in [6, 6.07) is 7.30. The van der Waals surface area contributed by atoms with Gasteiger partial charge in [0.1, 0.15) is 5.75 Å². The summed E-state index contributed by atoms with van der Waals surface area (Å²) in [7, 11) is 0. The highest BCUT2D eigenvalue weighted by Gasteiger charge is 2.03. The zero-order chi connectivity index (χ0) is 11.8. The second kappa shape index (κ2) is 7.25. The third kappa shape index (κ3) is 4.21. The fraction of sp³-hybridized carbons (Fsp3) is 0.538. The topological polar surface area (TPSA) is 55.5 Å². The summed E-state index contributed by atoms with van der Waals surface area (Å²) in [6.45, 7) is 2.90. The first kappa shape index (κ1) is 13.0. The predicted molar refractivity (Wildman–Crippen MR) is 65.5 cm³/mol. The van der Waals surface area contributed by atoms with Crippen molar-refractivity contribution in [2.75, 3.05) is 13.2 Å². The minimum absolute atomic E-state index is 0.0310. The van der Waals surface area contributed by atoms with Crippen molar-refractivity contribution in [2.24, 2.45) is 5.73 Å². The number of aliphatic hydroxyl groups is 1. The highest BCUT2D eigenvalue weighted by Crippen LogP contribution is 2.16. The standard InChI is InChI=1S/C13H21NO2/c1-2-3-4-9-16-12-7-5-11(6-8-12)13(14)10-15/h5-8,13,15H,2-4,9-10,14H2,1H3/t13-/m0/s1. The van der Waals surface area contributed by atoms with Gasteiger partial charge in [0.25, 0.3) is 0 Å². The zero-order valence-electron chi connectivity index (χ0n) is 9.86. The van der Waals surface area contributed by atoms with Crippen LogP contribution in [-0.4, -0.2) is 18.3 Å². The lowest BCUT2D eigenvalue weighted by Crippen LogP contribution is -2.14. The summed E-state index contributed by atoms with van der Waals surface area (Å²) in [6.07, 6.45) is 3.50. The van der Waals surface area contributed by atoms with E-state index in [4.69, 9.17) is 15.6 Å². The molecule has 90 valence electrons. The van der Waals surface area contributed by atoms with E-state index >= 15 is 0 Å². The van der Waals surface area contributed by atoms with Crippen molar-refractivity contribution in [1.29, 1.82) is 0 Å². The second-order valence-electron chi connectivity index (χ2n) is 3.91. The molecule has 1 aromatic carbocycles. The Kier molecular flexibility index (Phi) is 5.90. The lowest BCUT2D eigenvalue weighted by atomic mass is 10.1. The molecule has 0 aliphatic carbocycles. The number of benzene rings is 1. The van der Waals surface area contributed by atoms with Gasteiger partial charge < -0.3 is 15.6 Å². The molecular weight excluding hydrogens is 202 g/mol. The van der Waals surface area contributed by atoms with Crippen molar-refractivity contribution in [3.63, 3.8) is 0 Å². The minimum Gasteiger partial charge on any atom is -0.494 e. The van der Waals surface area contributed by atoms with E-state index in [0.29, 0.717) is 0 Å². The van der Waals surface area contributed by atoms with Gasteiger partial charge in [-0.15, -0.1) is 0 Å². The molecule has 1 rings (SSSR count). The van der Waals surface area contributed by atoms with Crippen LogP contribution in [0.4, 0.5) is 0 Å². The molecule has 0 heterocycles. The van der Waals surface area contributed by atoms with E-state index < -0.39 is 0 Å². The third-order valence-corrected chi connectivity index (χ3v) is 2.52. The molecular formula is C13H21NO2. The number of unbranched alkanes of at least 4 members (excludes halogenated alkanes) is 2. The zero-order valence-corrected chi connectivity index (χ0v) is 9.86. The number of aliphatic hydroxyl groups excluding tert-OH is 1. The molecule has 0 radical (unpaired) electrons. The van der Waals surface area contributed by atoms with Crippen molar-refractivity contribution < 1.29 is 9.84 Å². The van der Waals surface area contributed by atoms with E-state index in [1.54, 1.807) is 0 Å². The predicted octanol–water partition coefficient (Wildman–Crippen LogP) is 2.25. The highest BCUT2D eigenvalue weighted by atomic mass is 16.5. The Morgan fingerprint density at radius 3 is 2.50 bits per heavy atom. The van der Waals surface area contributed by atoms with Crippen LogP contribution in [0.2, 0.25) is 0 Å². The summed E-state index contributed by atoms with van der Waals surface area (Å²) < 4.78 is 5.57. The van der Waals surface area contributed by atoms with Gasteiger partial charge >= 0.3 is 0 Å². The lowest BCUT2D eigenvalue weighted by Gasteiger charge is -2.10. The molecule has 0 saturated heterocycles. The van der Waals surface area contributed by atoms with Gasteiger partial charge in [-0.1, -0.05) is 31.9 Å². The number of hydrogen-bond acceptors (Lipinski definition) is 3. The Bertz CT molecular complexity index is 284. The fourth-order valence-electron chi connectivity index (χ4n) is 1.46. The van der Waals surface area contributed by atoms with Crippen LogP contribution in [0.3, 0.4) is 0 Å². The molecule has 16 heavy (non-hydrogen) atoms. The number of rotatable bonds is 7. The molecule has 1 atom stereocenters. The number of hydrogen-bond donors (Lipinski definition) is 2. The van der Waals surface area contributed by atoms with E-state index in [1.807, 2.05) is 24.3 Å². The Hall–Kier alpha value is -1.06. The quantitative estimate of drug-likeness (QED) is 0.697. The molecule has 0 aliphatic heterocycles. The molecule has 0 saturated carbocycles. The maximum atomic E-state index is 8.90. The SMILES string of the molecule is CCCCCOc1ccc([C@@H](N)CO)cc1. The van der Waals surface area contributed by atoms with Gasteiger partial charge in [0.2, 0.25) is 0 Å². The summed E-state index contributed by atoms with van der Waals surface area (Å²) in [4.78, 5) is 0. The van der Waals surface area contributed by atoms with E-state index in [2.05, 4.69) is 6.92 Å². The first-order valence-electron chi connectivity index (χ1n) is 5.87.